The molecule has 2 rings (SSSR count). The highest BCUT2D eigenvalue weighted by atomic mass is 35.5. The van der Waals surface area contributed by atoms with Crippen molar-refractivity contribution >= 4 is 40.8 Å². The monoisotopic (exact) mass is 344 g/mol. The quantitative estimate of drug-likeness (QED) is 0.748. The largest absolute Gasteiger partial charge is 0.330 e. The highest BCUT2D eigenvalue weighted by molar-refractivity contribution is 8.00. The zero-order chi connectivity index (χ0) is 15.2. The van der Waals surface area contributed by atoms with E-state index in [0.717, 1.165) is 11.3 Å². The van der Waals surface area contributed by atoms with E-state index in [9.17, 15) is 4.39 Å². The van der Waals surface area contributed by atoms with E-state index in [0.29, 0.717) is 28.8 Å². The lowest BCUT2D eigenvalue weighted by atomic mass is 10.3. The van der Waals surface area contributed by atoms with Crippen molar-refractivity contribution in [3.05, 3.63) is 58.3 Å². The van der Waals surface area contributed by atoms with Crippen LogP contribution in [0, 0.1) is 5.82 Å². The number of nitrogens with two attached hydrogens (primary N) is 1. The molecule has 2 N–H and O–H groups in total. The molecule has 21 heavy (non-hydrogen) atoms. The maximum absolute atomic E-state index is 14.0. The van der Waals surface area contributed by atoms with Gasteiger partial charge in [0.15, 0.2) is 0 Å². The van der Waals surface area contributed by atoms with Crippen LogP contribution in [0.15, 0.2) is 47.4 Å². The van der Waals surface area contributed by atoms with Crippen molar-refractivity contribution in [1.29, 1.82) is 0 Å². The molecular weight excluding hydrogens is 330 g/mol. The smallest absolute Gasteiger partial charge is 0.147 e. The Morgan fingerprint density at radius 2 is 1.71 bits per heavy atom. The molecule has 112 valence electrons. The topological polar surface area (TPSA) is 29.3 Å². The minimum Gasteiger partial charge on any atom is -0.330 e. The lowest BCUT2D eigenvalue weighted by Crippen LogP contribution is -2.19. The molecule has 2 aromatic rings. The second-order valence-corrected chi connectivity index (χ2v) is 6.35. The molecule has 2 nitrogen and oxygen atoms in total. The fourth-order valence-electron chi connectivity index (χ4n) is 1.75. The first kappa shape index (κ1) is 16.4. The van der Waals surface area contributed by atoms with E-state index in [1.807, 2.05) is 16.4 Å². The summed E-state index contributed by atoms with van der Waals surface area (Å²) in [4.78, 5) is 0.968. The molecule has 6 heteroatoms. The summed E-state index contributed by atoms with van der Waals surface area (Å²) >= 11 is 13.3. The molecule has 0 amide bonds. The van der Waals surface area contributed by atoms with E-state index < -0.39 is 0 Å². The fourth-order valence-corrected chi connectivity index (χ4v) is 3.01. The van der Waals surface area contributed by atoms with Gasteiger partial charge in [-0.3, -0.25) is 0 Å². The van der Waals surface area contributed by atoms with Gasteiger partial charge in [0.2, 0.25) is 0 Å². The molecule has 0 aromatic heterocycles. The summed E-state index contributed by atoms with van der Waals surface area (Å²) in [7, 11) is 0. The highest BCUT2D eigenvalue weighted by Crippen LogP contribution is 2.33. The molecule has 0 fully saturated rings. The molecule has 0 radical (unpaired) electrons. The summed E-state index contributed by atoms with van der Waals surface area (Å²) < 4.78 is 15.9. The third-order valence-corrected chi connectivity index (χ3v) is 4.34. The number of nitrogens with zero attached hydrogens (tertiary/aromatic N) is 1. The van der Waals surface area contributed by atoms with Crippen LogP contribution in [0.5, 0.6) is 0 Å². The molecular formula is C15H15Cl2FN2S. The van der Waals surface area contributed by atoms with Gasteiger partial charge in [-0.15, -0.1) is 0 Å². The summed E-state index contributed by atoms with van der Waals surface area (Å²) in [6.07, 6.45) is 0.756. The number of halogens is 3. The van der Waals surface area contributed by atoms with Gasteiger partial charge in [0.25, 0.3) is 0 Å². The molecule has 0 saturated heterocycles. The molecule has 0 atom stereocenters. The Bertz CT molecular complexity index is 593. The summed E-state index contributed by atoms with van der Waals surface area (Å²) in [6, 6.07) is 11.9. The molecule has 0 aliphatic heterocycles. The van der Waals surface area contributed by atoms with Crippen molar-refractivity contribution in [3.8, 4) is 0 Å². The Labute approximate surface area is 138 Å². The van der Waals surface area contributed by atoms with Crippen molar-refractivity contribution in [1.82, 2.24) is 0 Å². The predicted octanol–water partition coefficient (Wildman–Crippen LogP) is 5.00. The minimum atomic E-state index is -0.308. The summed E-state index contributed by atoms with van der Waals surface area (Å²) in [5, 5.41) is 1.17. The van der Waals surface area contributed by atoms with Crippen molar-refractivity contribution in [2.45, 2.75) is 11.3 Å². The van der Waals surface area contributed by atoms with E-state index in [-0.39, 0.29) is 5.82 Å². The van der Waals surface area contributed by atoms with Crippen LogP contribution in [0.1, 0.15) is 6.42 Å². The van der Waals surface area contributed by atoms with Crippen LogP contribution < -0.4 is 10.0 Å². The minimum absolute atomic E-state index is 0.308. The molecule has 0 spiro atoms. The number of anilines is 1. The Hall–Kier alpha value is -0.940. The molecule has 0 heterocycles. The van der Waals surface area contributed by atoms with Crippen molar-refractivity contribution in [2.24, 2.45) is 5.73 Å². The van der Waals surface area contributed by atoms with Gasteiger partial charge < -0.3 is 10.0 Å². The Kier molecular flexibility index (Phi) is 6.18. The SMILES string of the molecule is NCCCN(Sc1ccc(Cl)cc1)c1cc(Cl)ccc1F. The van der Waals surface area contributed by atoms with Crippen molar-refractivity contribution in [2.75, 3.05) is 17.4 Å². The first-order chi connectivity index (χ1) is 10.1. The predicted molar refractivity (Wildman–Crippen MR) is 89.7 cm³/mol. The average molecular weight is 345 g/mol. The van der Waals surface area contributed by atoms with E-state index in [1.165, 1.54) is 24.1 Å². The Morgan fingerprint density at radius 1 is 1.05 bits per heavy atom. The zero-order valence-corrected chi connectivity index (χ0v) is 13.6. The second-order valence-electron chi connectivity index (χ2n) is 4.39. The lowest BCUT2D eigenvalue weighted by molar-refractivity contribution is 0.626. The van der Waals surface area contributed by atoms with Crippen LogP contribution in [-0.4, -0.2) is 13.1 Å². The van der Waals surface area contributed by atoms with Gasteiger partial charge in [-0.05, 0) is 67.4 Å². The van der Waals surface area contributed by atoms with Crippen molar-refractivity contribution in [3.63, 3.8) is 0 Å². The second kappa shape index (κ2) is 7.90. The molecule has 2 aromatic carbocycles. The molecule has 0 saturated carbocycles. The van der Waals surface area contributed by atoms with Crippen LogP contribution in [0.2, 0.25) is 10.0 Å². The van der Waals surface area contributed by atoms with Crippen LogP contribution in [0.25, 0.3) is 0 Å². The van der Waals surface area contributed by atoms with Crippen LogP contribution >= 0.6 is 35.1 Å². The fraction of sp³-hybridized carbons (Fsp3) is 0.200. The number of rotatable bonds is 6. The third kappa shape index (κ3) is 4.78. The zero-order valence-electron chi connectivity index (χ0n) is 11.2. The first-order valence-corrected chi connectivity index (χ1v) is 7.99. The van der Waals surface area contributed by atoms with Crippen LogP contribution in [0.4, 0.5) is 10.1 Å². The lowest BCUT2D eigenvalue weighted by Gasteiger charge is -2.24. The van der Waals surface area contributed by atoms with Gasteiger partial charge in [-0.1, -0.05) is 23.2 Å². The molecule has 0 aliphatic rings. The molecule has 0 unspecified atom stereocenters. The standard InChI is InChI=1S/C15H15Cl2FN2S/c16-11-2-5-13(6-3-11)21-20(9-1-8-19)15-10-12(17)4-7-14(15)18/h2-7,10H,1,8-9,19H2. The van der Waals surface area contributed by atoms with E-state index in [4.69, 9.17) is 28.9 Å². The average Bonchev–Trinajstić information content (AvgIpc) is 2.48. The van der Waals surface area contributed by atoms with Crippen molar-refractivity contribution < 1.29 is 4.39 Å². The summed E-state index contributed by atoms with van der Waals surface area (Å²) in [6.45, 7) is 1.17. The first-order valence-electron chi connectivity index (χ1n) is 6.46. The molecule has 0 bridgehead atoms. The highest BCUT2D eigenvalue weighted by Gasteiger charge is 2.13. The van der Waals surface area contributed by atoms with Gasteiger partial charge in [0.05, 0.1) is 5.69 Å². The van der Waals surface area contributed by atoms with Gasteiger partial charge in [0.1, 0.15) is 5.82 Å². The van der Waals surface area contributed by atoms with Crippen LogP contribution in [-0.2, 0) is 0 Å². The summed E-state index contributed by atoms with van der Waals surface area (Å²) in [5.41, 5.74) is 6.02. The normalized spacial score (nSPS) is 10.7. The maximum Gasteiger partial charge on any atom is 0.147 e. The van der Waals surface area contributed by atoms with Gasteiger partial charge >= 0.3 is 0 Å². The number of hydrogen-bond acceptors (Lipinski definition) is 3. The van der Waals surface area contributed by atoms with Gasteiger partial charge in [-0.25, -0.2) is 4.39 Å². The van der Waals surface area contributed by atoms with Gasteiger partial charge in [-0.2, -0.15) is 0 Å². The number of benzene rings is 2. The molecule has 0 aliphatic carbocycles. The van der Waals surface area contributed by atoms with Gasteiger partial charge in [0, 0.05) is 21.5 Å². The number of hydrogen-bond donors (Lipinski definition) is 1. The summed E-state index contributed by atoms with van der Waals surface area (Å²) in [5.74, 6) is -0.308. The van der Waals surface area contributed by atoms with E-state index in [2.05, 4.69) is 0 Å². The Morgan fingerprint density at radius 3 is 2.38 bits per heavy atom. The van der Waals surface area contributed by atoms with E-state index in [1.54, 1.807) is 18.2 Å². The third-order valence-electron chi connectivity index (χ3n) is 2.77. The van der Waals surface area contributed by atoms with Crippen LogP contribution in [0.3, 0.4) is 0 Å². The Balaban J connectivity index is 2.25. The maximum atomic E-state index is 14.0. The van der Waals surface area contributed by atoms with E-state index >= 15 is 0 Å².